The van der Waals surface area contributed by atoms with Crippen molar-refractivity contribution in [3.05, 3.63) is 0 Å². The Kier molecular flexibility index (Phi) is 4.74. The first-order valence-electron chi connectivity index (χ1n) is 6.13. The van der Waals surface area contributed by atoms with E-state index >= 15 is 0 Å². The van der Waals surface area contributed by atoms with Gasteiger partial charge in [0.15, 0.2) is 0 Å². The summed E-state index contributed by atoms with van der Waals surface area (Å²) < 4.78 is 0. The van der Waals surface area contributed by atoms with E-state index in [-0.39, 0.29) is 24.5 Å². The third-order valence-electron chi connectivity index (χ3n) is 3.59. The summed E-state index contributed by atoms with van der Waals surface area (Å²) in [6.45, 7) is 4.20. The maximum absolute atomic E-state index is 12.0. The maximum atomic E-state index is 12.0. The number of aliphatic hydroxyl groups excluding tert-OH is 1. The SMILES string of the molecule is CC(C)(CN)C(=O)NC1CCCCC1CO. The summed E-state index contributed by atoms with van der Waals surface area (Å²) in [5.41, 5.74) is 5.05. The van der Waals surface area contributed by atoms with Crippen molar-refractivity contribution in [2.24, 2.45) is 17.1 Å². The van der Waals surface area contributed by atoms with Gasteiger partial charge in [-0.15, -0.1) is 0 Å². The Morgan fingerprint density at radius 3 is 2.62 bits per heavy atom. The largest absolute Gasteiger partial charge is 0.396 e. The van der Waals surface area contributed by atoms with Crippen LogP contribution in [0, 0.1) is 11.3 Å². The average Bonchev–Trinajstić information content (AvgIpc) is 2.29. The van der Waals surface area contributed by atoms with Gasteiger partial charge in [-0.1, -0.05) is 12.8 Å². The zero-order chi connectivity index (χ0) is 12.2. The van der Waals surface area contributed by atoms with Crippen molar-refractivity contribution >= 4 is 5.91 Å². The van der Waals surface area contributed by atoms with Crippen LogP contribution in [0.3, 0.4) is 0 Å². The number of rotatable bonds is 4. The standard InChI is InChI=1S/C12H24N2O2/c1-12(2,8-13)11(16)14-10-6-4-3-5-9(10)7-15/h9-10,15H,3-8,13H2,1-2H3,(H,14,16). The molecule has 0 bridgehead atoms. The highest BCUT2D eigenvalue weighted by Gasteiger charge is 2.31. The minimum absolute atomic E-state index is 0.000324. The topological polar surface area (TPSA) is 75.4 Å². The molecule has 4 heteroatoms. The van der Waals surface area contributed by atoms with E-state index < -0.39 is 5.41 Å². The second-order valence-electron chi connectivity index (χ2n) is 5.40. The summed E-state index contributed by atoms with van der Waals surface area (Å²) >= 11 is 0. The molecule has 0 spiro atoms. The second kappa shape index (κ2) is 5.64. The third-order valence-corrected chi connectivity index (χ3v) is 3.59. The quantitative estimate of drug-likeness (QED) is 0.661. The summed E-state index contributed by atoms with van der Waals surface area (Å²) in [7, 11) is 0. The average molecular weight is 228 g/mol. The smallest absolute Gasteiger partial charge is 0.227 e. The van der Waals surface area contributed by atoms with Crippen molar-refractivity contribution < 1.29 is 9.90 Å². The summed E-state index contributed by atoms with van der Waals surface area (Å²) in [6.07, 6.45) is 4.25. The van der Waals surface area contributed by atoms with Gasteiger partial charge in [-0.25, -0.2) is 0 Å². The number of nitrogens with one attached hydrogen (secondary N) is 1. The molecule has 1 fully saturated rings. The predicted octanol–water partition coefficient (Wildman–Crippen LogP) is 0.639. The van der Waals surface area contributed by atoms with Crippen molar-refractivity contribution in [2.45, 2.75) is 45.6 Å². The van der Waals surface area contributed by atoms with Crippen LogP contribution in [0.25, 0.3) is 0 Å². The lowest BCUT2D eigenvalue weighted by Crippen LogP contribution is -2.50. The number of carbonyl (C=O) groups excluding carboxylic acids is 1. The Morgan fingerprint density at radius 1 is 1.44 bits per heavy atom. The number of hydrogen-bond donors (Lipinski definition) is 3. The minimum Gasteiger partial charge on any atom is -0.396 e. The zero-order valence-electron chi connectivity index (χ0n) is 10.3. The molecule has 0 saturated heterocycles. The summed E-state index contributed by atoms with van der Waals surface area (Å²) in [5.74, 6) is 0.214. The molecule has 0 aliphatic heterocycles. The fraction of sp³-hybridized carbons (Fsp3) is 0.917. The van der Waals surface area contributed by atoms with Gasteiger partial charge in [-0.3, -0.25) is 4.79 Å². The van der Waals surface area contributed by atoms with Crippen molar-refractivity contribution in [3.63, 3.8) is 0 Å². The molecule has 2 unspecified atom stereocenters. The molecule has 1 aliphatic rings. The first-order valence-corrected chi connectivity index (χ1v) is 6.13. The Hall–Kier alpha value is -0.610. The van der Waals surface area contributed by atoms with Gasteiger partial charge < -0.3 is 16.2 Å². The second-order valence-corrected chi connectivity index (χ2v) is 5.40. The Bertz CT molecular complexity index is 241. The minimum atomic E-state index is -0.516. The van der Waals surface area contributed by atoms with E-state index in [2.05, 4.69) is 5.32 Å². The molecule has 1 rings (SSSR count). The molecule has 2 atom stereocenters. The Morgan fingerprint density at radius 2 is 2.06 bits per heavy atom. The van der Waals surface area contributed by atoms with E-state index in [0.717, 1.165) is 25.7 Å². The Balaban J connectivity index is 2.54. The monoisotopic (exact) mass is 228 g/mol. The Labute approximate surface area is 97.6 Å². The third kappa shape index (κ3) is 3.19. The van der Waals surface area contributed by atoms with Crippen LogP contribution in [0.15, 0.2) is 0 Å². The lowest BCUT2D eigenvalue weighted by Gasteiger charge is -2.33. The molecule has 4 nitrogen and oxygen atoms in total. The summed E-state index contributed by atoms with van der Waals surface area (Å²) in [6, 6.07) is 0.122. The van der Waals surface area contributed by atoms with E-state index in [1.54, 1.807) is 0 Å². The van der Waals surface area contributed by atoms with E-state index in [0.29, 0.717) is 6.54 Å². The van der Waals surface area contributed by atoms with Crippen LogP contribution in [0.4, 0.5) is 0 Å². The molecule has 1 aliphatic carbocycles. The predicted molar refractivity (Wildman–Crippen MR) is 63.8 cm³/mol. The van der Waals surface area contributed by atoms with Gasteiger partial charge >= 0.3 is 0 Å². The molecule has 4 N–H and O–H groups in total. The van der Waals surface area contributed by atoms with Crippen LogP contribution >= 0.6 is 0 Å². The van der Waals surface area contributed by atoms with E-state index in [4.69, 9.17) is 5.73 Å². The molecule has 94 valence electrons. The number of amides is 1. The van der Waals surface area contributed by atoms with Gasteiger partial charge in [-0.2, -0.15) is 0 Å². The highest BCUT2D eigenvalue weighted by Crippen LogP contribution is 2.25. The van der Waals surface area contributed by atoms with Crippen LogP contribution in [-0.4, -0.2) is 30.2 Å². The van der Waals surface area contributed by atoms with E-state index in [1.807, 2.05) is 13.8 Å². The highest BCUT2D eigenvalue weighted by atomic mass is 16.3. The molecule has 0 aromatic carbocycles. The fourth-order valence-electron chi connectivity index (χ4n) is 2.07. The normalized spacial score (nSPS) is 26.5. The summed E-state index contributed by atoms with van der Waals surface area (Å²) in [4.78, 5) is 12.0. The van der Waals surface area contributed by atoms with Gasteiger partial charge in [0, 0.05) is 25.1 Å². The van der Waals surface area contributed by atoms with Gasteiger partial charge in [-0.05, 0) is 26.7 Å². The molecule has 0 aromatic rings. The molecule has 0 radical (unpaired) electrons. The van der Waals surface area contributed by atoms with Gasteiger partial charge in [0.2, 0.25) is 5.91 Å². The molecular weight excluding hydrogens is 204 g/mol. The van der Waals surface area contributed by atoms with Crippen molar-refractivity contribution in [1.82, 2.24) is 5.32 Å². The number of nitrogens with two attached hydrogens (primary N) is 1. The fourth-order valence-corrected chi connectivity index (χ4v) is 2.07. The highest BCUT2D eigenvalue weighted by molar-refractivity contribution is 5.82. The first kappa shape index (κ1) is 13.5. The molecule has 1 amide bonds. The van der Waals surface area contributed by atoms with Crippen LogP contribution in [-0.2, 0) is 4.79 Å². The van der Waals surface area contributed by atoms with E-state index in [9.17, 15) is 9.90 Å². The molecular formula is C12H24N2O2. The van der Waals surface area contributed by atoms with Crippen LogP contribution < -0.4 is 11.1 Å². The van der Waals surface area contributed by atoms with Crippen LogP contribution in [0.1, 0.15) is 39.5 Å². The van der Waals surface area contributed by atoms with Crippen molar-refractivity contribution in [3.8, 4) is 0 Å². The number of carbonyl (C=O) groups is 1. The zero-order valence-corrected chi connectivity index (χ0v) is 10.3. The number of hydrogen-bond acceptors (Lipinski definition) is 3. The lowest BCUT2D eigenvalue weighted by molar-refractivity contribution is -0.130. The number of aliphatic hydroxyl groups is 1. The molecule has 0 aromatic heterocycles. The van der Waals surface area contributed by atoms with Crippen LogP contribution in [0.5, 0.6) is 0 Å². The van der Waals surface area contributed by atoms with Crippen molar-refractivity contribution in [2.75, 3.05) is 13.2 Å². The summed E-state index contributed by atoms with van der Waals surface area (Å²) in [5, 5.41) is 12.3. The lowest BCUT2D eigenvalue weighted by atomic mass is 9.83. The van der Waals surface area contributed by atoms with Crippen molar-refractivity contribution in [1.29, 1.82) is 0 Å². The molecule has 0 heterocycles. The molecule has 16 heavy (non-hydrogen) atoms. The van der Waals surface area contributed by atoms with Gasteiger partial charge in [0.1, 0.15) is 0 Å². The molecule has 1 saturated carbocycles. The maximum Gasteiger partial charge on any atom is 0.227 e. The first-order chi connectivity index (χ1) is 7.51. The van der Waals surface area contributed by atoms with Crippen LogP contribution in [0.2, 0.25) is 0 Å². The van der Waals surface area contributed by atoms with E-state index in [1.165, 1.54) is 0 Å². The van der Waals surface area contributed by atoms with Gasteiger partial charge in [0.05, 0.1) is 5.41 Å². The van der Waals surface area contributed by atoms with Gasteiger partial charge in [0.25, 0.3) is 0 Å².